The second-order valence-corrected chi connectivity index (χ2v) is 18.8. The molecule has 65 heavy (non-hydrogen) atoms. The Bertz CT molecular complexity index is 2590. The quantitative estimate of drug-likeness (QED) is 0.108. The zero-order valence-corrected chi connectivity index (χ0v) is 38.6. The number of halogens is 6. The van der Waals surface area contributed by atoms with Gasteiger partial charge in [0, 0.05) is 53.9 Å². The summed E-state index contributed by atoms with van der Waals surface area (Å²) in [4.78, 5) is 29.2. The molecular formula is C47H58F6N8O4. The summed E-state index contributed by atoms with van der Waals surface area (Å²) in [5.74, 6) is -0.112. The van der Waals surface area contributed by atoms with Crippen molar-refractivity contribution in [1.82, 2.24) is 34.4 Å². The maximum absolute atomic E-state index is 14.1. The fourth-order valence-electron chi connectivity index (χ4n) is 7.73. The third-order valence-corrected chi connectivity index (χ3v) is 10.1. The van der Waals surface area contributed by atoms with E-state index in [-0.39, 0.29) is 30.6 Å². The first-order chi connectivity index (χ1) is 30.1. The van der Waals surface area contributed by atoms with Crippen LogP contribution in [0.2, 0.25) is 0 Å². The number of hydrogen-bond donors (Lipinski definition) is 2. The Labute approximate surface area is 374 Å². The maximum Gasteiger partial charge on any atom is 0.419 e. The van der Waals surface area contributed by atoms with Crippen LogP contribution in [0.3, 0.4) is 0 Å². The van der Waals surface area contributed by atoms with Gasteiger partial charge in [-0.05, 0) is 108 Å². The van der Waals surface area contributed by atoms with Crippen molar-refractivity contribution in [1.29, 1.82) is 0 Å². The van der Waals surface area contributed by atoms with E-state index in [0.717, 1.165) is 12.1 Å². The number of aryl methyl sites for hydroxylation is 2. The first-order valence-corrected chi connectivity index (χ1v) is 21.1. The SMILES string of the molecule is CC(C)C[C@@](C)(COc1ccc(-c2ncnc3c2ccn3C)cc1C(F)(F)F)NC(=O)OC(C)(C)C.CC(C)C[C@](C)(N)COc1ccc(-c2ncnc3c2ccn3C)cc1C(F)(F)F. The number of benzene rings is 2. The highest BCUT2D eigenvalue weighted by atomic mass is 19.4. The Kier molecular flexibility index (Phi) is 14.9. The summed E-state index contributed by atoms with van der Waals surface area (Å²) in [6.45, 7) is 16.5. The molecule has 6 rings (SSSR count). The molecule has 3 N–H and O–H groups in total. The molecule has 2 aromatic carbocycles. The number of carbonyl (C=O) groups is 1. The van der Waals surface area contributed by atoms with Crippen LogP contribution in [0.4, 0.5) is 31.1 Å². The molecule has 4 heterocycles. The third kappa shape index (κ3) is 13.1. The number of carbonyl (C=O) groups excluding carboxylic acids is 1. The zero-order chi connectivity index (χ0) is 48.3. The fourth-order valence-corrected chi connectivity index (χ4v) is 7.73. The Balaban J connectivity index is 0.000000250. The summed E-state index contributed by atoms with van der Waals surface area (Å²) >= 11 is 0. The maximum atomic E-state index is 14.1. The Morgan fingerprint density at radius 1 is 0.662 bits per heavy atom. The monoisotopic (exact) mass is 912 g/mol. The standard InChI is InChI=1S/C26H33F3N4O3.C21H25F3N4O/c1-16(2)13-25(6,32-23(34)36-24(3,4)5)14-35-20-9-8-17(12-19(20)26(27,28)29)21-18-10-11-33(7)22(18)31-15-30-21;1-13(2)10-20(3,25)11-29-17-6-5-14(9-16(17)21(22,23)24)18-15-7-8-28(4)19(15)27-12-26-18/h8-12,15-16H,13-14H2,1-7H3,(H,32,34);5-9,12-13H,10-11,25H2,1-4H3/t25-;20-/m00/s1. The van der Waals surface area contributed by atoms with Crippen molar-refractivity contribution in [2.24, 2.45) is 31.7 Å². The number of alkyl halides is 6. The minimum atomic E-state index is -4.67. The van der Waals surface area contributed by atoms with E-state index < -0.39 is 46.3 Å². The predicted molar refractivity (Wildman–Crippen MR) is 238 cm³/mol. The van der Waals surface area contributed by atoms with E-state index in [1.807, 2.05) is 34.7 Å². The molecule has 2 atom stereocenters. The van der Waals surface area contributed by atoms with E-state index in [4.69, 9.17) is 19.9 Å². The molecule has 0 unspecified atom stereocenters. The van der Waals surface area contributed by atoms with E-state index >= 15 is 0 Å². The van der Waals surface area contributed by atoms with E-state index in [1.54, 1.807) is 87.5 Å². The number of nitrogens with two attached hydrogens (primary N) is 1. The molecule has 0 bridgehead atoms. The lowest BCUT2D eigenvalue weighted by molar-refractivity contribution is -0.139. The van der Waals surface area contributed by atoms with Gasteiger partial charge in [-0.3, -0.25) is 0 Å². The highest BCUT2D eigenvalue weighted by Gasteiger charge is 2.38. The molecule has 1 amide bonds. The lowest BCUT2D eigenvalue weighted by Gasteiger charge is -2.33. The van der Waals surface area contributed by atoms with Crippen molar-refractivity contribution in [2.45, 2.75) is 104 Å². The van der Waals surface area contributed by atoms with Gasteiger partial charge in [0.1, 0.15) is 54.3 Å². The van der Waals surface area contributed by atoms with Gasteiger partial charge < -0.3 is 34.4 Å². The molecule has 0 saturated carbocycles. The number of nitrogens with one attached hydrogen (secondary N) is 1. The number of fused-ring (bicyclic) bond motifs is 2. The van der Waals surface area contributed by atoms with Crippen molar-refractivity contribution in [3.8, 4) is 34.0 Å². The topological polar surface area (TPSA) is 144 Å². The second-order valence-electron chi connectivity index (χ2n) is 18.8. The number of nitrogens with zero attached hydrogens (tertiary/aromatic N) is 6. The summed E-state index contributed by atoms with van der Waals surface area (Å²) in [6, 6.07) is 11.4. The lowest BCUT2D eigenvalue weighted by atomic mass is 9.91. The normalized spacial score (nSPS) is 14.2. The Hall–Kier alpha value is -5.91. The van der Waals surface area contributed by atoms with Crippen LogP contribution in [0.15, 0.2) is 73.6 Å². The number of hydrogen-bond acceptors (Lipinski definition) is 9. The minimum Gasteiger partial charge on any atom is -0.491 e. The van der Waals surface area contributed by atoms with Crippen LogP contribution < -0.4 is 20.5 Å². The van der Waals surface area contributed by atoms with Gasteiger partial charge in [-0.2, -0.15) is 26.3 Å². The second kappa shape index (κ2) is 19.3. The van der Waals surface area contributed by atoms with Crippen LogP contribution in [0.5, 0.6) is 11.5 Å². The average molecular weight is 913 g/mol. The van der Waals surface area contributed by atoms with Crippen LogP contribution in [0, 0.1) is 11.8 Å². The van der Waals surface area contributed by atoms with Crippen molar-refractivity contribution < 1.29 is 45.3 Å². The summed E-state index contributed by atoms with van der Waals surface area (Å²) in [6.07, 6.45) is -2.54. The molecule has 0 aliphatic rings. The summed E-state index contributed by atoms with van der Waals surface area (Å²) in [7, 11) is 3.62. The van der Waals surface area contributed by atoms with Crippen molar-refractivity contribution in [3.63, 3.8) is 0 Å². The van der Waals surface area contributed by atoms with Crippen LogP contribution >= 0.6 is 0 Å². The number of aromatic nitrogens is 6. The number of rotatable bonds is 13. The first-order valence-electron chi connectivity index (χ1n) is 21.1. The third-order valence-electron chi connectivity index (χ3n) is 10.1. The Morgan fingerprint density at radius 2 is 1.09 bits per heavy atom. The van der Waals surface area contributed by atoms with Gasteiger partial charge in [0.15, 0.2) is 0 Å². The van der Waals surface area contributed by atoms with Crippen molar-refractivity contribution in [2.75, 3.05) is 13.2 Å². The van der Waals surface area contributed by atoms with Gasteiger partial charge >= 0.3 is 18.4 Å². The molecule has 6 aromatic rings. The molecule has 0 spiro atoms. The molecule has 0 fully saturated rings. The van der Waals surface area contributed by atoms with Crippen molar-refractivity contribution in [3.05, 3.63) is 84.7 Å². The smallest absolute Gasteiger partial charge is 0.419 e. The van der Waals surface area contributed by atoms with Gasteiger partial charge in [-0.25, -0.2) is 24.7 Å². The largest absolute Gasteiger partial charge is 0.491 e. The Morgan fingerprint density at radius 3 is 1.49 bits per heavy atom. The van der Waals surface area contributed by atoms with Gasteiger partial charge in [0.05, 0.1) is 28.1 Å². The molecule has 18 heteroatoms. The molecule has 0 aliphatic heterocycles. The predicted octanol–water partition coefficient (Wildman–Crippen LogP) is 11.2. The summed E-state index contributed by atoms with van der Waals surface area (Å²) in [5, 5.41) is 4.11. The minimum absolute atomic E-state index is 0.00988. The molecule has 0 radical (unpaired) electrons. The number of ether oxygens (including phenoxy) is 3. The molecular weight excluding hydrogens is 855 g/mol. The van der Waals surface area contributed by atoms with E-state index in [0.29, 0.717) is 63.3 Å². The van der Waals surface area contributed by atoms with Crippen LogP contribution in [0.25, 0.3) is 44.6 Å². The average Bonchev–Trinajstić information content (AvgIpc) is 3.76. The molecule has 352 valence electrons. The first kappa shape index (κ1) is 50.1. The van der Waals surface area contributed by atoms with Gasteiger partial charge in [0.25, 0.3) is 0 Å². The highest BCUT2D eigenvalue weighted by molar-refractivity contribution is 5.92. The zero-order valence-electron chi connectivity index (χ0n) is 38.6. The molecule has 4 aromatic heterocycles. The van der Waals surface area contributed by atoms with Crippen LogP contribution in [-0.2, 0) is 31.2 Å². The van der Waals surface area contributed by atoms with Gasteiger partial charge in [0.2, 0.25) is 0 Å². The van der Waals surface area contributed by atoms with Crippen LogP contribution in [0.1, 0.15) is 86.3 Å². The van der Waals surface area contributed by atoms with E-state index in [2.05, 4.69) is 25.3 Å². The lowest BCUT2D eigenvalue weighted by Crippen LogP contribution is -2.52. The van der Waals surface area contributed by atoms with E-state index in [9.17, 15) is 31.1 Å². The highest BCUT2D eigenvalue weighted by Crippen LogP contribution is 2.41. The summed E-state index contributed by atoms with van der Waals surface area (Å²) in [5.41, 5.74) is 4.77. The molecule has 0 aliphatic carbocycles. The van der Waals surface area contributed by atoms with Gasteiger partial charge in [-0.1, -0.05) is 27.7 Å². The number of amides is 1. The molecule has 12 nitrogen and oxygen atoms in total. The number of alkyl carbamates (subject to hydrolysis) is 1. The summed E-state index contributed by atoms with van der Waals surface area (Å²) < 4.78 is 104. The fraction of sp³-hybridized carbons (Fsp3) is 0.468. The van der Waals surface area contributed by atoms with Crippen molar-refractivity contribution >= 4 is 28.2 Å². The van der Waals surface area contributed by atoms with E-state index in [1.165, 1.54) is 24.8 Å². The van der Waals surface area contributed by atoms with Gasteiger partial charge in [-0.15, -0.1) is 0 Å². The van der Waals surface area contributed by atoms with Crippen LogP contribution in [-0.4, -0.2) is 65.1 Å². The molecule has 0 saturated heterocycles.